The molecule has 76 valence electrons. The first-order chi connectivity index (χ1) is 6.65. The highest BCUT2D eigenvalue weighted by atomic mass is 79.9. The van der Waals surface area contributed by atoms with Gasteiger partial charge in [-0.1, -0.05) is 6.07 Å². The van der Waals surface area contributed by atoms with Crippen LogP contribution in [-0.2, 0) is 9.53 Å². The lowest BCUT2D eigenvalue weighted by Crippen LogP contribution is -2.14. The largest absolute Gasteiger partial charge is 0.422 e. The van der Waals surface area contributed by atoms with E-state index in [2.05, 4.69) is 20.7 Å². The predicted molar refractivity (Wildman–Crippen MR) is 51.6 cm³/mol. The number of benzene rings is 1. The van der Waals surface area contributed by atoms with Crippen LogP contribution < -0.4 is 4.74 Å². The van der Waals surface area contributed by atoms with E-state index in [0.717, 1.165) is 0 Å². The minimum absolute atomic E-state index is 0.110. The molecule has 0 unspecified atom stereocenters. The standard InChI is InChI=1S/C9H8BrFO3/c1-13-5-8(12)14-7-4-2-3-6(10)9(7)11/h2-4H,5H2,1H3. The quantitative estimate of drug-likeness (QED) is 0.619. The Morgan fingerprint density at radius 2 is 2.29 bits per heavy atom. The van der Waals surface area contributed by atoms with E-state index in [4.69, 9.17) is 4.74 Å². The summed E-state index contributed by atoms with van der Waals surface area (Å²) in [5.41, 5.74) is 0. The van der Waals surface area contributed by atoms with Crippen molar-refractivity contribution in [2.45, 2.75) is 0 Å². The SMILES string of the molecule is COCC(=O)Oc1cccc(Br)c1F. The molecule has 1 aromatic carbocycles. The second-order valence-electron chi connectivity index (χ2n) is 2.46. The Labute approximate surface area is 88.9 Å². The van der Waals surface area contributed by atoms with Gasteiger partial charge in [-0.15, -0.1) is 0 Å². The van der Waals surface area contributed by atoms with Crippen LogP contribution in [0.3, 0.4) is 0 Å². The molecule has 1 rings (SSSR count). The second kappa shape index (κ2) is 5.07. The lowest BCUT2D eigenvalue weighted by atomic mass is 10.3. The highest BCUT2D eigenvalue weighted by Crippen LogP contribution is 2.24. The molecule has 0 heterocycles. The van der Waals surface area contributed by atoms with Crippen molar-refractivity contribution in [1.82, 2.24) is 0 Å². The second-order valence-corrected chi connectivity index (χ2v) is 3.31. The molecule has 0 radical (unpaired) electrons. The third kappa shape index (κ3) is 2.78. The lowest BCUT2D eigenvalue weighted by molar-refractivity contribution is -0.138. The number of carbonyl (C=O) groups excluding carboxylic acids is 1. The minimum Gasteiger partial charge on any atom is -0.422 e. The number of hydrogen-bond acceptors (Lipinski definition) is 3. The molecular weight excluding hydrogens is 255 g/mol. The van der Waals surface area contributed by atoms with Crippen LogP contribution in [0.1, 0.15) is 0 Å². The van der Waals surface area contributed by atoms with Gasteiger partial charge in [0, 0.05) is 7.11 Å². The van der Waals surface area contributed by atoms with Gasteiger partial charge in [-0.05, 0) is 28.1 Å². The van der Waals surface area contributed by atoms with Crippen molar-refractivity contribution in [3.8, 4) is 5.75 Å². The minimum atomic E-state index is -0.635. The first kappa shape index (κ1) is 11.1. The number of hydrogen-bond donors (Lipinski definition) is 0. The summed E-state index contributed by atoms with van der Waals surface area (Å²) in [7, 11) is 1.36. The normalized spacial score (nSPS) is 9.93. The summed E-state index contributed by atoms with van der Waals surface area (Å²) in [5, 5.41) is 0. The number of rotatable bonds is 3. The number of carbonyl (C=O) groups is 1. The Bertz CT molecular complexity index is 341. The van der Waals surface area contributed by atoms with Crippen LogP contribution in [0.15, 0.2) is 22.7 Å². The van der Waals surface area contributed by atoms with E-state index in [1.54, 1.807) is 6.07 Å². The number of esters is 1. The number of methoxy groups -OCH3 is 1. The maximum atomic E-state index is 13.2. The number of ether oxygens (including phenoxy) is 2. The van der Waals surface area contributed by atoms with Crippen molar-refractivity contribution in [3.05, 3.63) is 28.5 Å². The van der Waals surface area contributed by atoms with E-state index in [0.29, 0.717) is 0 Å². The Morgan fingerprint density at radius 3 is 2.93 bits per heavy atom. The molecule has 0 aliphatic rings. The Balaban J connectivity index is 2.76. The molecule has 0 bridgehead atoms. The van der Waals surface area contributed by atoms with Gasteiger partial charge >= 0.3 is 5.97 Å². The van der Waals surface area contributed by atoms with Gasteiger partial charge < -0.3 is 9.47 Å². The van der Waals surface area contributed by atoms with Crippen LogP contribution in [0.4, 0.5) is 4.39 Å². The zero-order chi connectivity index (χ0) is 10.6. The molecule has 0 aromatic heterocycles. The van der Waals surface area contributed by atoms with Crippen LogP contribution in [0.2, 0.25) is 0 Å². The van der Waals surface area contributed by atoms with Gasteiger partial charge in [-0.2, -0.15) is 0 Å². The molecule has 0 spiro atoms. The fourth-order valence-corrected chi connectivity index (χ4v) is 1.18. The molecule has 14 heavy (non-hydrogen) atoms. The van der Waals surface area contributed by atoms with E-state index < -0.39 is 11.8 Å². The predicted octanol–water partition coefficient (Wildman–Crippen LogP) is 2.14. The molecule has 0 fully saturated rings. The topological polar surface area (TPSA) is 35.5 Å². The first-order valence-corrected chi connectivity index (χ1v) is 4.58. The summed E-state index contributed by atoms with van der Waals surface area (Å²) < 4.78 is 22.7. The van der Waals surface area contributed by atoms with Gasteiger partial charge in [0.05, 0.1) is 4.47 Å². The molecule has 0 atom stereocenters. The van der Waals surface area contributed by atoms with E-state index in [1.165, 1.54) is 19.2 Å². The van der Waals surface area contributed by atoms with Crippen LogP contribution in [0.25, 0.3) is 0 Å². The van der Waals surface area contributed by atoms with Crippen LogP contribution >= 0.6 is 15.9 Å². The summed E-state index contributed by atoms with van der Waals surface area (Å²) in [4.78, 5) is 10.9. The Hall–Kier alpha value is -0.940. The van der Waals surface area contributed by atoms with Crippen molar-refractivity contribution < 1.29 is 18.7 Å². The van der Waals surface area contributed by atoms with Crippen molar-refractivity contribution in [2.75, 3.05) is 13.7 Å². The smallest absolute Gasteiger partial charge is 0.337 e. The van der Waals surface area contributed by atoms with Crippen LogP contribution in [0, 0.1) is 5.82 Å². The Kier molecular flexibility index (Phi) is 4.03. The summed E-state index contributed by atoms with van der Waals surface area (Å²) >= 11 is 2.98. The maximum absolute atomic E-state index is 13.2. The van der Waals surface area contributed by atoms with Crippen molar-refractivity contribution >= 4 is 21.9 Å². The molecule has 1 aromatic rings. The third-order valence-corrected chi connectivity index (χ3v) is 2.01. The monoisotopic (exact) mass is 262 g/mol. The maximum Gasteiger partial charge on any atom is 0.337 e. The third-order valence-electron chi connectivity index (χ3n) is 1.40. The fourth-order valence-electron chi connectivity index (χ4n) is 0.833. The summed E-state index contributed by atoms with van der Waals surface area (Å²) in [6.07, 6.45) is 0. The van der Waals surface area contributed by atoms with E-state index in [-0.39, 0.29) is 16.8 Å². The van der Waals surface area contributed by atoms with E-state index >= 15 is 0 Å². The zero-order valence-electron chi connectivity index (χ0n) is 7.42. The van der Waals surface area contributed by atoms with Crippen molar-refractivity contribution in [1.29, 1.82) is 0 Å². The van der Waals surface area contributed by atoms with E-state index in [1.807, 2.05) is 0 Å². The van der Waals surface area contributed by atoms with Gasteiger partial charge in [-0.25, -0.2) is 9.18 Å². The Morgan fingerprint density at radius 1 is 1.57 bits per heavy atom. The van der Waals surface area contributed by atoms with Gasteiger partial charge in [0.2, 0.25) is 0 Å². The molecule has 3 nitrogen and oxygen atoms in total. The highest BCUT2D eigenvalue weighted by Gasteiger charge is 2.10. The average molecular weight is 263 g/mol. The molecule has 5 heteroatoms. The molecule has 0 aliphatic heterocycles. The van der Waals surface area contributed by atoms with Crippen molar-refractivity contribution in [2.24, 2.45) is 0 Å². The fraction of sp³-hybridized carbons (Fsp3) is 0.222. The first-order valence-electron chi connectivity index (χ1n) is 3.78. The lowest BCUT2D eigenvalue weighted by Gasteiger charge is -2.05. The van der Waals surface area contributed by atoms with E-state index in [9.17, 15) is 9.18 Å². The number of halogens is 2. The summed E-state index contributed by atoms with van der Waals surface area (Å²) in [5.74, 6) is -1.34. The molecule has 0 saturated carbocycles. The molecule has 0 saturated heterocycles. The summed E-state index contributed by atoms with van der Waals surface area (Å²) in [6, 6.07) is 4.46. The average Bonchev–Trinajstić information content (AvgIpc) is 2.13. The zero-order valence-corrected chi connectivity index (χ0v) is 9.01. The molecular formula is C9H8BrFO3. The van der Waals surface area contributed by atoms with Crippen molar-refractivity contribution in [3.63, 3.8) is 0 Å². The van der Waals surface area contributed by atoms with Gasteiger partial charge in [0.1, 0.15) is 6.61 Å². The van der Waals surface area contributed by atoms with Gasteiger partial charge in [0.25, 0.3) is 0 Å². The highest BCUT2D eigenvalue weighted by molar-refractivity contribution is 9.10. The van der Waals surface area contributed by atoms with Crippen LogP contribution in [-0.4, -0.2) is 19.7 Å². The molecule has 0 N–H and O–H groups in total. The van der Waals surface area contributed by atoms with Crippen LogP contribution in [0.5, 0.6) is 5.75 Å². The summed E-state index contributed by atoms with van der Waals surface area (Å²) in [6.45, 7) is -0.202. The molecule has 0 aliphatic carbocycles. The van der Waals surface area contributed by atoms with Gasteiger partial charge in [-0.3, -0.25) is 0 Å². The van der Waals surface area contributed by atoms with Gasteiger partial charge in [0.15, 0.2) is 11.6 Å². The molecule has 0 amide bonds.